The van der Waals surface area contributed by atoms with E-state index in [-0.39, 0.29) is 11.7 Å². The van der Waals surface area contributed by atoms with Crippen LogP contribution in [0.2, 0.25) is 0 Å². The summed E-state index contributed by atoms with van der Waals surface area (Å²) < 4.78 is 7.62. The average molecular weight is 520 g/mol. The Morgan fingerprint density at radius 1 is 0.921 bits per heavy atom. The van der Waals surface area contributed by atoms with Crippen LogP contribution in [0.5, 0.6) is 5.75 Å². The van der Waals surface area contributed by atoms with E-state index in [9.17, 15) is 4.79 Å². The van der Waals surface area contributed by atoms with Gasteiger partial charge < -0.3 is 15.0 Å². The number of carbonyl (C=O) groups excluding carboxylic acids is 1. The summed E-state index contributed by atoms with van der Waals surface area (Å²) >= 11 is 1.35. The normalized spacial score (nSPS) is 11.2. The van der Waals surface area contributed by atoms with Crippen molar-refractivity contribution in [3.8, 4) is 22.8 Å². The molecule has 0 aliphatic heterocycles. The van der Waals surface area contributed by atoms with Gasteiger partial charge in [0, 0.05) is 39.4 Å². The van der Waals surface area contributed by atoms with Gasteiger partial charge in [0.25, 0.3) is 0 Å². The number of benzene rings is 4. The number of thioether (sulfide) groups is 1. The average Bonchev–Trinajstić information content (AvgIpc) is 3.57. The Morgan fingerprint density at radius 2 is 1.68 bits per heavy atom. The fourth-order valence-corrected chi connectivity index (χ4v) is 5.29. The van der Waals surface area contributed by atoms with E-state index in [2.05, 4.69) is 26.6 Å². The van der Waals surface area contributed by atoms with Gasteiger partial charge in [0.15, 0.2) is 11.0 Å². The molecule has 6 rings (SSSR count). The van der Waals surface area contributed by atoms with Gasteiger partial charge in [-0.15, -0.1) is 10.2 Å². The molecule has 0 aliphatic carbocycles. The number of rotatable bonds is 8. The van der Waals surface area contributed by atoms with Crippen molar-refractivity contribution < 1.29 is 9.53 Å². The molecule has 0 fully saturated rings. The third-order valence-corrected chi connectivity index (χ3v) is 7.19. The number of ether oxygens (including phenoxy) is 1. The highest BCUT2D eigenvalue weighted by Crippen LogP contribution is 2.33. The van der Waals surface area contributed by atoms with Gasteiger partial charge >= 0.3 is 0 Å². The first-order valence-corrected chi connectivity index (χ1v) is 13.4. The molecule has 0 aliphatic rings. The van der Waals surface area contributed by atoms with Gasteiger partial charge in [-0.2, -0.15) is 0 Å². The summed E-state index contributed by atoms with van der Waals surface area (Å²) in [6, 6.07) is 29.8. The molecule has 38 heavy (non-hydrogen) atoms. The highest BCUT2D eigenvalue weighted by molar-refractivity contribution is 7.99. The summed E-state index contributed by atoms with van der Waals surface area (Å²) in [5.41, 5.74) is 3.64. The maximum atomic E-state index is 13.0. The standard InChI is InChI=1S/C30H25N5O2S/c1-2-37-22-16-14-21(15-17-22)35-29(25-18-31-26-12-6-5-11-24(25)26)33-34-30(35)38-19-28(36)32-27-13-7-9-20-8-3-4-10-23(20)27/h3-18,31H,2,19H2,1H3,(H,32,36). The molecular weight excluding hydrogens is 494 g/mol. The van der Waals surface area contributed by atoms with Crippen LogP contribution in [0, 0.1) is 0 Å². The van der Waals surface area contributed by atoms with E-state index in [0.29, 0.717) is 17.6 Å². The van der Waals surface area contributed by atoms with E-state index in [1.165, 1.54) is 11.8 Å². The second-order valence-electron chi connectivity index (χ2n) is 8.68. The fourth-order valence-electron chi connectivity index (χ4n) is 4.54. The van der Waals surface area contributed by atoms with E-state index in [4.69, 9.17) is 4.74 Å². The monoisotopic (exact) mass is 519 g/mol. The Kier molecular flexibility index (Phi) is 6.54. The van der Waals surface area contributed by atoms with Crippen LogP contribution in [0.25, 0.3) is 38.8 Å². The second-order valence-corrected chi connectivity index (χ2v) is 9.62. The number of carbonyl (C=O) groups is 1. The number of aromatic nitrogens is 4. The highest BCUT2D eigenvalue weighted by atomic mass is 32.2. The Labute approximate surface area is 223 Å². The minimum atomic E-state index is -0.110. The Hall–Kier alpha value is -4.56. The zero-order valence-electron chi connectivity index (χ0n) is 20.7. The van der Waals surface area contributed by atoms with E-state index >= 15 is 0 Å². The van der Waals surface area contributed by atoms with Crippen LogP contribution in [0.3, 0.4) is 0 Å². The first kappa shape index (κ1) is 23.8. The quantitative estimate of drug-likeness (QED) is 0.219. The molecular formula is C30H25N5O2S. The number of nitrogens with zero attached hydrogens (tertiary/aromatic N) is 3. The number of anilines is 1. The fraction of sp³-hybridized carbons (Fsp3) is 0.100. The molecule has 1 amide bonds. The van der Waals surface area contributed by atoms with Crippen LogP contribution in [-0.4, -0.2) is 38.0 Å². The molecule has 0 unspecified atom stereocenters. The molecule has 0 saturated carbocycles. The van der Waals surface area contributed by atoms with Crippen molar-refractivity contribution in [3.05, 3.63) is 97.2 Å². The topological polar surface area (TPSA) is 84.8 Å². The molecule has 0 radical (unpaired) electrons. The maximum absolute atomic E-state index is 13.0. The second kappa shape index (κ2) is 10.4. The Balaban J connectivity index is 1.31. The molecule has 0 saturated heterocycles. The first-order valence-electron chi connectivity index (χ1n) is 12.4. The van der Waals surface area contributed by atoms with Gasteiger partial charge in [-0.25, -0.2) is 0 Å². The number of amides is 1. The SMILES string of the molecule is CCOc1ccc(-n2c(SCC(=O)Nc3cccc4ccccc34)nnc2-c2c[nH]c3ccccc23)cc1. The molecule has 2 aromatic heterocycles. The van der Waals surface area contributed by atoms with Crippen LogP contribution < -0.4 is 10.1 Å². The first-order chi connectivity index (χ1) is 18.7. The van der Waals surface area contributed by atoms with Crippen molar-refractivity contribution in [1.29, 1.82) is 0 Å². The molecule has 6 aromatic rings. The number of aromatic amines is 1. The van der Waals surface area contributed by atoms with E-state index in [1.54, 1.807) is 0 Å². The number of fused-ring (bicyclic) bond motifs is 2. The summed E-state index contributed by atoms with van der Waals surface area (Å²) in [6.45, 7) is 2.56. The summed E-state index contributed by atoms with van der Waals surface area (Å²) in [5, 5.41) is 15.9. The van der Waals surface area contributed by atoms with Gasteiger partial charge in [0.05, 0.1) is 12.4 Å². The maximum Gasteiger partial charge on any atom is 0.234 e. The van der Waals surface area contributed by atoms with Crippen LogP contribution in [0.15, 0.2) is 102 Å². The summed E-state index contributed by atoms with van der Waals surface area (Å²) in [4.78, 5) is 16.3. The zero-order valence-corrected chi connectivity index (χ0v) is 21.5. The molecule has 0 bridgehead atoms. The van der Waals surface area contributed by atoms with E-state index < -0.39 is 0 Å². The summed E-state index contributed by atoms with van der Waals surface area (Å²) in [6.07, 6.45) is 1.95. The van der Waals surface area contributed by atoms with Crippen molar-refractivity contribution >= 4 is 45.0 Å². The third-order valence-electron chi connectivity index (χ3n) is 6.27. The molecule has 8 heteroatoms. The smallest absolute Gasteiger partial charge is 0.234 e. The van der Waals surface area contributed by atoms with Gasteiger partial charge in [-0.05, 0) is 48.7 Å². The lowest BCUT2D eigenvalue weighted by molar-refractivity contribution is -0.113. The number of para-hydroxylation sites is 1. The van der Waals surface area contributed by atoms with Crippen LogP contribution in [-0.2, 0) is 4.79 Å². The number of nitrogens with one attached hydrogen (secondary N) is 2. The van der Waals surface area contributed by atoms with E-state index in [0.717, 1.165) is 44.4 Å². The minimum Gasteiger partial charge on any atom is -0.494 e. The molecule has 0 spiro atoms. The van der Waals surface area contributed by atoms with Crippen LogP contribution in [0.1, 0.15) is 6.92 Å². The summed E-state index contributed by atoms with van der Waals surface area (Å²) in [7, 11) is 0. The van der Waals surface area contributed by atoms with Gasteiger partial charge in [0.1, 0.15) is 5.75 Å². The lowest BCUT2D eigenvalue weighted by Crippen LogP contribution is -2.14. The molecule has 4 aromatic carbocycles. The van der Waals surface area contributed by atoms with Gasteiger partial charge in [-0.1, -0.05) is 66.4 Å². The van der Waals surface area contributed by atoms with Crippen molar-refractivity contribution in [2.75, 3.05) is 17.7 Å². The molecule has 0 atom stereocenters. The summed E-state index contributed by atoms with van der Waals surface area (Å²) in [5.74, 6) is 1.57. The lowest BCUT2D eigenvalue weighted by Gasteiger charge is -2.12. The zero-order chi connectivity index (χ0) is 25.9. The number of H-pyrrole nitrogens is 1. The minimum absolute atomic E-state index is 0.110. The largest absolute Gasteiger partial charge is 0.494 e. The van der Waals surface area contributed by atoms with Crippen molar-refractivity contribution in [3.63, 3.8) is 0 Å². The van der Waals surface area contributed by atoms with Crippen molar-refractivity contribution in [1.82, 2.24) is 19.7 Å². The van der Waals surface area contributed by atoms with Crippen LogP contribution >= 0.6 is 11.8 Å². The Bertz CT molecular complexity index is 1730. The van der Waals surface area contributed by atoms with Gasteiger partial charge in [-0.3, -0.25) is 9.36 Å². The predicted molar refractivity (Wildman–Crippen MR) is 153 cm³/mol. The predicted octanol–water partition coefficient (Wildman–Crippen LogP) is 6.70. The molecule has 7 nitrogen and oxygen atoms in total. The van der Waals surface area contributed by atoms with Crippen molar-refractivity contribution in [2.45, 2.75) is 12.1 Å². The molecule has 188 valence electrons. The van der Waals surface area contributed by atoms with E-state index in [1.807, 2.05) is 103 Å². The van der Waals surface area contributed by atoms with Crippen molar-refractivity contribution in [2.24, 2.45) is 0 Å². The number of hydrogen-bond acceptors (Lipinski definition) is 5. The number of hydrogen-bond donors (Lipinski definition) is 2. The van der Waals surface area contributed by atoms with Crippen LogP contribution in [0.4, 0.5) is 5.69 Å². The molecule has 2 heterocycles. The Morgan fingerprint density at radius 3 is 2.53 bits per heavy atom. The molecule has 2 N–H and O–H groups in total. The third kappa shape index (κ3) is 4.62. The lowest BCUT2D eigenvalue weighted by atomic mass is 10.1. The highest BCUT2D eigenvalue weighted by Gasteiger charge is 2.20. The van der Waals surface area contributed by atoms with Gasteiger partial charge in [0.2, 0.25) is 5.91 Å².